The predicted molar refractivity (Wildman–Crippen MR) is 38.8 cm³/mol. The van der Waals surface area contributed by atoms with Crippen LogP contribution in [0.25, 0.3) is 0 Å². The molecule has 11 heavy (non-hydrogen) atoms. The minimum atomic E-state index is -0.0509. The minimum absolute atomic E-state index is 0.0509. The van der Waals surface area contributed by atoms with Crippen LogP contribution in [0.2, 0.25) is 0 Å². The van der Waals surface area contributed by atoms with E-state index >= 15 is 0 Å². The maximum absolute atomic E-state index is 8.56. The van der Waals surface area contributed by atoms with E-state index in [0.29, 0.717) is 11.3 Å². The zero-order valence-corrected chi connectivity index (χ0v) is 6.43. The summed E-state index contributed by atoms with van der Waals surface area (Å²) in [4.78, 5) is 0. The highest BCUT2D eigenvalue weighted by molar-refractivity contribution is 5.32. The minimum Gasteiger partial charge on any atom is -0.443 e. The Morgan fingerprint density at radius 3 is 2.64 bits per heavy atom. The van der Waals surface area contributed by atoms with Crippen LogP contribution >= 0.6 is 0 Å². The summed E-state index contributed by atoms with van der Waals surface area (Å²) in [6.07, 6.45) is 0. The smallest absolute Gasteiger partial charge is 0.229 e. The van der Waals surface area contributed by atoms with Gasteiger partial charge in [-0.1, -0.05) is 0 Å². The molecule has 0 bridgehead atoms. The molecule has 0 saturated carbocycles. The summed E-state index contributed by atoms with van der Waals surface area (Å²) in [6.45, 7) is 3.55. The fourth-order valence-electron chi connectivity index (χ4n) is 0.937. The fraction of sp³-hybridized carbons (Fsp3) is 0.250. The maximum atomic E-state index is 8.56. The van der Waals surface area contributed by atoms with Gasteiger partial charge in [-0.05, 0) is 25.5 Å². The second-order valence-corrected chi connectivity index (χ2v) is 2.36. The van der Waals surface area contributed by atoms with Crippen LogP contribution in [0, 0.1) is 30.6 Å². The quantitative estimate of drug-likeness (QED) is 0.601. The van der Waals surface area contributed by atoms with E-state index in [1.807, 2.05) is 6.07 Å². The highest BCUT2D eigenvalue weighted by Crippen LogP contribution is 2.02. The highest BCUT2D eigenvalue weighted by atomic mass is 16.3. The number of nitrogens with one attached hydrogen (secondary N) is 1. The molecule has 1 aromatic rings. The van der Waals surface area contributed by atoms with E-state index in [4.69, 9.17) is 15.1 Å². The van der Waals surface area contributed by atoms with Gasteiger partial charge in [0, 0.05) is 0 Å². The van der Waals surface area contributed by atoms with Crippen molar-refractivity contribution >= 4 is 0 Å². The molecule has 0 aliphatic carbocycles. The van der Waals surface area contributed by atoms with Crippen molar-refractivity contribution < 1.29 is 4.42 Å². The summed E-state index contributed by atoms with van der Waals surface area (Å²) < 4.78 is 4.92. The number of hydrogen-bond acceptors (Lipinski definition) is 3. The number of rotatable bonds is 0. The van der Waals surface area contributed by atoms with Crippen LogP contribution in [-0.4, -0.2) is 0 Å². The first-order valence-corrected chi connectivity index (χ1v) is 3.21. The molecule has 1 heterocycles. The molecule has 0 spiro atoms. The zero-order valence-electron chi connectivity index (χ0n) is 6.43. The Bertz CT molecular complexity index is 371. The Labute approximate surface area is 64.4 Å². The van der Waals surface area contributed by atoms with Gasteiger partial charge in [0.25, 0.3) is 0 Å². The van der Waals surface area contributed by atoms with E-state index in [-0.39, 0.29) is 5.55 Å². The molecule has 0 aliphatic heterocycles. The van der Waals surface area contributed by atoms with Gasteiger partial charge in [0.1, 0.15) is 17.4 Å². The van der Waals surface area contributed by atoms with Gasteiger partial charge < -0.3 is 4.42 Å². The van der Waals surface area contributed by atoms with Crippen molar-refractivity contribution in [1.29, 1.82) is 10.7 Å². The molecule has 0 amide bonds. The maximum Gasteiger partial charge on any atom is 0.229 e. The Hall–Kier alpha value is -1.56. The Balaban J connectivity index is 3.53. The molecule has 0 fully saturated rings. The monoisotopic (exact) mass is 148 g/mol. The van der Waals surface area contributed by atoms with E-state index in [2.05, 4.69) is 0 Å². The number of nitrogens with zero attached hydrogens (tertiary/aromatic N) is 1. The van der Waals surface area contributed by atoms with Gasteiger partial charge in [-0.15, -0.1) is 0 Å². The average molecular weight is 148 g/mol. The molecule has 0 atom stereocenters. The van der Waals surface area contributed by atoms with Crippen LogP contribution in [-0.2, 0) is 0 Å². The second kappa shape index (κ2) is 2.59. The van der Waals surface area contributed by atoms with Crippen molar-refractivity contribution in [2.45, 2.75) is 13.8 Å². The molecule has 0 unspecified atom stereocenters. The first-order valence-electron chi connectivity index (χ1n) is 3.21. The molecule has 0 saturated heterocycles. The van der Waals surface area contributed by atoms with Crippen molar-refractivity contribution in [3.63, 3.8) is 0 Å². The van der Waals surface area contributed by atoms with Gasteiger partial charge in [-0.2, -0.15) is 5.26 Å². The van der Waals surface area contributed by atoms with Gasteiger partial charge in [-0.25, -0.2) is 0 Å². The topological polar surface area (TPSA) is 60.8 Å². The Morgan fingerprint density at radius 2 is 2.18 bits per heavy atom. The first kappa shape index (κ1) is 7.55. The number of hydrogen-bond donors (Lipinski definition) is 1. The number of aryl methyl sites for hydroxylation is 2. The van der Waals surface area contributed by atoms with Crippen molar-refractivity contribution in [3.8, 4) is 6.07 Å². The predicted octanol–water partition coefficient (Wildman–Crippen LogP) is 1.25. The van der Waals surface area contributed by atoms with Gasteiger partial charge in [0.05, 0.1) is 0 Å². The highest BCUT2D eigenvalue weighted by Gasteiger charge is 2.01. The van der Waals surface area contributed by atoms with Crippen LogP contribution in [0.1, 0.15) is 16.9 Å². The molecule has 1 rings (SSSR count). The number of nitriles is 1. The van der Waals surface area contributed by atoms with Crippen LogP contribution in [0.15, 0.2) is 10.5 Å². The van der Waals surface area contributed by atoms with E-state index in [1.165, 1.54) is 0 Å². The zero-order chi connectivity index (χ0) is 8.43. The van der Waals surface area contributed by atoms with E-state index in [0.717, 1.165) is 5.56 Å². The molecule has 56 valence electrons. The molecule has 0 radical (unpaired) electrons. The van der Waals surface area contributed by atoms with E-state index in [9.17, 15) is 0 Å². The van der Waals surface area contributed by atoms with E-state index in [1.54, 1.807) is 19.9 Å². The van der Waals surface area contributed by atoms with Crippen molar-refractivity contribution in [3.05, 3.63) is 28.5 Å². The normalized spacial score (nSPS) is 9.18. The van der Waals surface area contributed by atoms with E-state index < -0.39 is 0 Å². The van der Waals surface area contributed by atoms with Crippen LogP contribution in [0.5, 0.6) is 0 Å². The summed E-state index contributed by atoms with van der Waals surface area (Å²) in [5.74, 6) is 0.659. The van der Waals surface area contributed by atoms with Crippen molar-refractivity contribution in [1.82, 2.24) is 0 Å². The largest absolute Gasteiger partial charge is 0.443 e. The molecule has 1 N–H and O–H groups in total. The summed E-state index contributed by atoms with van der Waals surface area (Å²) >= 11 is 0. The Kier molecular flexibility index (Phi) is 1.77. The summed E-state index contributed by atoms with van der Waals surface area (Å²) in [5.41, 5.74) is 1.06. The molecule has 3 nitrogen and oxygen atoms in total. The molecule has 0 aliphatic rings. The van der Waals surface area contributed by atoms with Gasteiger partial charge in [-0.3, -0.25) is 5.41 Å². The van der Waals surface area contributed by atoms with Gasteiger partial charge in [0.15, 0.2) is 0 Å². The Morgan fingerprint density at radius 1 is 1.55 bits per heavy atom. The van der Waals surface area contributed by atoms with Gasteiger partial charge in [0.2, 0.25) is 5.55 Å². The molecular weight excluding hydrogens is 140 g/mol. The lowest BCUT2D eigenvalue weighted by Gasteiger charge is -1.96. The molecular formula is C8H8N2O. The van der Waals surface area contributed by atoms with Crippen LogP contribution in [0.4, 0.5) is 0 Å². The summed E-state index contributed by atoms with van der Waals surface area (Å²) in [5, 5.41) is 15.8. The lowest BCUT2D eigenvalue weighted by Crippen LogP contribution is -2.06. The van der Waals surface area contributed by atoms with Gasteiger partial charge >= 0.3 is 0 Å². The standard InChI is InChI=1S/C8H8N2O/c1-5-3-6(2)11-8(10)7(5)4-9/h3,10H,1-2H3. The van der Waals surface area contributed by atoms with Crippen molar-refractivity contribution in [2.24, 2.45) is 0 Å². The molecule has 3 heteroatoms. The third-order valence-electron chi connectivity index (χ3n) is 1.42. The fourth-order valence-corrected chi connectivity index (χ4v) is 0.937. The lowest BCUT2D eigenvalue weighted by atomic mass is 10.2. The summed E-state index contributed by atoms with van der Waals surface area (Å²) in [7, 11) is 0. The SMILES string of the molecule is Cc1cc(C)c(C#N)c(=N)o1. The average Bonchev–Trinajstić information content (AvgIpc) is 1.85. The van der Waals surface area contributed by atoms with Crippen LogP contribution in [0.3, 0.4) is 0 Å². The lowest BCUT2D eigenvalue weighted by molar-refractivity contribution is 0.455. The third-order valence-corrected chi connectivity index (χ3v) is 1.42. The third kappa shape index (κ3) is 1.30. The van der Waals surface area contributed by atoms with Crippen LogP contribution < -0.4 is 5.55 Å². The summed E-state index contributed by atoms with van der Waals surface area (Å²) in [6, 6.07) is 3.66. The molecule has 1 aromatic heterocycles. The van der Waals surface area contributed by atoms with Crippen molar-refractivity contribution in [2.75, 3.05) is 0 Å². The molecule has 0 aromatic carbocycles. The second-order valence-electron chi connectivity index (χ2n) is 2.36. The first-order chi connectivity index (χ1) is 5.15.